The van der Waals surface area contributed by atoms with E-state index in [-0.39, 0.29) is 37.5 Å². The third kappa shape index (κ3) is 58.3. The maximum Gasteiger partial charge on any atom is 0.306 e. The topological polar surface area (TPSA) is 78.9 Å². The van der Waals surface area contributed by atoms with Gasteiger partial charge in [0.05, 0.1) is 0 Å². The van der Waals surface area contributed by atoms with Crippen LogP contribution in [-0.2, 0) is 28.6 Å². The van der Waals surface area contributed by atoms with Crippen molar-refractivity contribution in [2.45, 2.75) is 258 Å². The zero-order valence-corrected chi connectivity index (χ0v) is 47.1. The van der Waals surface area contributed by atoms with E-state index in [1.807, 2.05) is 0 Å². The molecule has 0 aromatic rings. The molecule has 0 spiro atoms. The van der Waals surface area contributed by atoms with Crippen LogP contribution in [0, 0.1) is 0 Å². The Bertz CT molecular complexity index is 1500. The average Bonchev–Trinajstić information content (AvgIpc) is 3.39. The Labute approximate surface area is 449 Å². The second-order valence-electron chi connectivity index (χ2n) is 19.2. The van der Waals surface area contributed by atoms with E-state index in [1.165, 1.54) is 77.0 Å². The lowest BCUT2D eigenvalue weighted by molar-refractivity contribution is -0.167. The molecule has 0 unspecified atom stereocenters. The van der Waals surface area contributed by atoms with E-state index in [0.29, 0.717) is 12.8 Å². The third-order valence-corrected chi connectivity index (χ3v) is 12.1. The molecule has 0 radical (unpaired) electrons. The van der Waals surface area contributed by atoms with Crippen LogP contribution in [0.5, 0.6) is 0 Å². The fourth-order valence-electron chi connectivity index (χ4n) is 7.59. The fourth-order valence-corrected chi connectivity index (χ4v) is 7.59. The zero-order valence-electron chi connectivity index (χ0n) is 47.1. The Morgan fingerprint density at radius 2 is 0.493 bits per heavy atom. The standard InChI is InChI=1S/C67H108O6/c1-4-7-10-13-16-19-22-25-28-31-33-36-38-41-44-47-50-53-56-59-65(68)71-62-64(73-67(70)61-58-55-52-49-46-43-40-35-30-27-24-21-18-15-12-9-6-3)63-72-66(69)60-57-54-51-48-45-42-39-37-34-32-29-26-23-20-17-14-11-8-5-2/h16-21,25-30,33-34,36-37,40-45,64H,4-15,22-24,31-32,35,38-39,46-63H2,1-3H3/b19-16-,20-17-,21-18-,28-25-,29-26-,30-27-,36-33-,37-34-,43-40-,44-41-,45-42-. The van der Waals surface area contributed by atoms with E-state index in [0.717, 1.165) is 135 Å². The first-order valence-corrected chi connectivity index (χ1v) is 29.7. The molecule has 0 atom stereocenters. The molecule has 0 fully saturated rings. The number of hydrogen-bond acceptors (Lipinski definition) is 6. The number of hydrogen-bond donors (Lipinski definition) is 0. The van der Waals surface area contributed by atoms with E-state index in [2.05, 4.69) is 154 Å². The Hall–Kier alpha value is -4.45. The maximum absolute atomic E-state index is 12.9. The van der Waals surface area contributed by atoms with Crippen LogP contribution in [0.3, 0.4) is 0 Å². The van der Waals surface area contributed by atoms with Gasteiger partial charge < -0.3 is 14.2 Å². The monoisotopic (exact) mass is 1010 g/mol. The van der Waals surface area contributed by atoms with Crippen LogP contribution in [0.25, 0.3) is 0 Å². The van der Waals surface area contributed by atoms with Crippen LogP contribution in [-0.4, -0.2) is 37.2 Å². The molecule has 6 nitrogen and oxygen atoms in total. The molecular weight excluding hydrogens is 901 g/mol. The number of carbonyl (C=O) groups is 3. The van der Waals surface area contributed by atoms with Crippen LogP contribution in [0.15, 0.2) is 134 Å². The molecule has 0 aromatic carbocycles. The zero-order chi connectivity index (χ0) is 52.9. The Kier molecular flexibility index (Phi) is 56.4. The molecule has 0 bridgehead atoms. The minimum Gasteiger partial charge on any atom is -0.462 e. The van der Waals surface area contributed by atoms with Gasteiger partial charge in [-0.2, -0.15) is 0 Å². The first-order valence-electron chi connectivity index (χ1n) is 29.7. The number of rotatable bonds is 52. The van der Waals surface area contributed by atoms with Crippen molar-refractivity contribution in [2.24, 2.45) is 0 Å². The lowest BCUT2D eigenvalue weighted by atomic mass is 10.1. The maximum atomic E-state index is 12.9. The summed E-state index contributed by atoms with van der Waals surface area (Å²) < 4.78 is 16.8. The first-order chi connectivity index (χ1) is 36.0. The molecule has 0 amide bonds. The summed E-state index contributed by atoms with van der Waals surface area (Å²) in [5, 5.41) is 0. The van der Waals surface area contributed by atoms with E-state index in [4.69, 9.17) is 14.2 Å². The minimum atomic E-state index is -0.823. The molecule has 0 aliphatic heterocycles. The van der Waals surface area contributed by atoms with E-state index < -0.39 is 6.10 Å². The molecule has 0 aromatic heterocycles. The van der Waals surface area contributed by atoms with Crippen LogP contribution >= 0.6 is 0 Å². The van der Waals surface area contributed by atoms with Gasteiger partial charge in [-0.05, 0) is 148 Å². The number of unbranched alkanes of at least 4 members (excludes halogenated alkanes) is 19. The van der Waals surface area contributed by atoms with Crippen molar-refractivity contribution in [3.63, 3.8) is 0 Å². The Balaban J connectivity index is 4.57. The van der Waals surface area contributed by atoms with E-state index in [1.54, 1.807) is 0 Å². The van der Waals surface area contributed by atoms with Crippen molar-refractivity contribution in [3.8, 4) is 0 Å². The van der Waals surface area contributed by atoms with Crippen molar-refractivity contribution in [1.29, 1.82) is 0 Å². The van der Waals surface area contributed by atoms with Gasteiger partial charge in [-0.15, -0.1) is 0 Å². The average molecular weight is 1010 g/mol. The Morgan fingerprint density at radius 3 is 0.767 bits per heavy atom. The van der Waals surface area contributed by atoms with Gasteiger partial charge in [0.25, 0.3) is 0 Å². The summed E-state index contributed by atoms with van der Waals surface area (Å²) in [6.45, 7) is 6.48. The highest BCUT2D eigenvalue weighted by Crippen LogP contribution is 2.12. The smallest absolute Gasteiger partial charge is 0.306 e. The third-order valence-electron chi connectivity index (χ3n) is 12.1. The van der Waals surface area contributed by atoms with Crippen LogP contribution in [0.2, 0.25) is 0 Å². The minimum absolute atomic E-state index is 0.119. The first kappa shape index (κ1) is 68.6. The number of allylic oxidation sites excluding steroid dienone is 22. The van der Waals surface area contributed by atoms with Crippen molar-refractivity contribution < 1.29 is 28.6 Å². The lowest BCUT2D eigenvalue weighted by Gasteiger charge is -2.18. The van der Waals surface area contributed by atoms with Gasteiger partial charge in [0.2, 0.25) is 0 Å². The number of ether oxygens (including phenoxy) is 3. The summed E-state index contributed by atoms with van der Waals surface area (Å²) in [7, 11) is 0. The van der Waals surface area contributed by atoms with E-state index in [9.17, 15) is 14.4 Å². The van der Waals surface area contributed by atoms with Gasteiger partial charge in [0.1, 0.15) is 13.2 Å². The van der Waals surface area contributed by atoms with Crippen LogP contribution in [0.1, 0.15) is 252 Å². The molecule has 0 aliphatic rings. The largest absolute Gasteiger partial charge is 0.462 e. The Morgan fingerprint density at radius 1 is 0.274 bits per heavy atom. The second kappa shape index (κ2) is 60.1. The van der Waals surface area contributed by atoms with Crippen molar-refractivity contribution in [1.82, 2.24) is 0 Å². The highest BCUT2D eigenvalue weighted by molar-refractivity contribution is 5.71. The van der Waals surface area contributed by atoms with Gasteiger partial charge in [-0.3, -0.25) is 14.4 Å². The number of carbonyl (C=O) groups excluding carboxylic acids is 3. The van der Waals surface area contributed by atoms with Crippen LogP contribution < -0.4 is 0 Å². The molecule has 0 saturated carbocycles. The molecule has 0 heterocycles. The predicted octanol–water partition coefficient (Wildman–Crippen LogP) is 20.2. The SMILES string of the molecule is CCCCC/C=C\C/C=C\C/C=C\C/C=C\CCCCCC(=O)OCC(COC(=O)CCCCC/C=C\C/C=C\C/C=C\C/C=C\CCCCC)OC(=O)CCCCCC/C=C\C/C=C\C/C=C\CCCCC. The highest BCUT2D eigenvalue weighted by atomic mass is 16.6. The van der Waals surface area contributed by atoms with Crippen LogP contribution in [0.4, 0.5) is 0 Å². The molecule has 6 heteroatoms. The summed E-state index contributed by atoms with van der Waals surface area (Å²) in [4.78, 5) is 38.2. The molecule has 0 rings (SSSR count). The molecule has 0 aliphatic carbocycles. The number of esters is 3. The summed E-state index contributed by atoms with van der Waals surface area (Å²) in [6.07, 6.45) is 84.3. The highest BCUT2D eigenvalue weighted by Gasteiger charge is 2.19. The van der Waals surface area contributed by atoms with Gasteiger partial charge in [-0.1, -0.05) is 219 Å². The normalized spacial score (nSPS) is 12.7. The summed E-state index contributed by atoms with van der Waals surface area (Å²) in [5.41, 5.74) is 0. The molecule has 0 N–H and O–H groups in total. The van der Waals surface area contributed by atoms with E-state index >= 15 is 0 Å². The predicted molar refractivity (Wildman–Crippen MR) is 316 cm³/mol. The molecule has 412 valence electrons. The summed E-state index contributed by atoms with van der Waals surface area (Å²) in [5.74, 6) is -1.00. The second-order valence-corrected chi connectivity index (χ2v) is 19.2. The van der Waals surface area contributed by atoms with Crippen molar-refractivity contribution in [2.75, 3.05) is 13.2 Å². The lowest BCUT2D eigenvalue weighted by Crippen LogP contribution is -2.30. The van der Waals surface area contributed by atoms with Gasteiger partial charge in [0, 0.05) is 19.3 Å². The van der Waals surface area contributed by atoms with Gasteiger partial charge in [-0.25, -0.2) is 0 Å². The van der Waals surface area contributed by atoms with Crippen molar-refractivity contribution in [3.05, 3.63) is 134 Å². The summed E-state index contributed by atoms with van der Waals surface area (Å²) >= 11 is 0. The summed E-state index contributed by atoms with van der Waals surface area (Å²) in [6, 6.07) is 0. The molecular formula is C67H108O6. The molecule has 0 saturated heterocycles. The van der Waals surface area contributed by atoms with Gasteiger partial charge in [0.15, 0.2) is 6.10 Å². The van der Waals surface area contributed by atoms with Gasteiger partial charge >= 0.3 is 17.9 Å². The van der Waals surface area contributed by atoms with Crippen molar-refractivity contribution >= 4 is 17.9 Å². The quantitative estimate of drug-likeness (QED) is 0.0261. The fraction of sp³-hybridized carbons (Fsp3) is 0.627. The molecule has 73 heavy (non-hydrogen) atoms.